The molecule has 2 aromatic rings. The lowest BCUT2D eigenvalue weighted by Crippen LogP contribution is -2.10. The number of nitrogens with zero attached hydrogens (tertiary/aromatic N) is 4. The second kappa shape index (κ2) is 7.20. The average Bonchev–Trinajstić information content (AvgIpc) is 2.84. The van der Waals surface area contributed by atoms with Crippen LogP contribution in [0.5, 0.6) is 0 Å². The molecule has 0 fully saturated rings. The van der Waals surface area contributed by atoms with Crippen molar-refractivity contribution in [1.29, 1.82) is 0 Å². The summed E-state index contributed by atoms with van der Waals surface area (Å²) in [6.07, 6.45) is -4.85. The van der Waals surface area contributed by atoms with Gasteiger partial charge in [-0.05, 0) is 12.5 Å². The Kier molecular flexibility index (Phi) is 5.51. The molecule has 0 saturated carbocycles. The van der Waals surface area contributed by atoms with Crippen LogP contribution in [-0.2, 0) is 19.1 Å². The second-order valence-electron chi connectivity index (χ2n) is 4.77. The van der Waals surface area contributed by atoms with Crippen molar-refractivity contribution < 1.29 is 22.0 Å². The van der Waals surface area contributed by atoms with Gasteiger partial charge in [0.2, 0.25) is 6.43 Å². The van der Waals surface area contributed by atoms with E-state index < -0.39 is 24.7 Å². The van der Waals surface area contributed by atoms with E-state index in [2.05, 4.69) is 15.1 Å². The van der Waals surface area contributed by atoms with Gasteiger partial charge in [-0.25, -0.2) is 18.7 Å². The zero-order valence-electron chi connectivity index (χ0n) is 11.7. The molecule has 126 valence electrons. The Morgan fingerprint density at radius 2 is 1.83 bits per heavy atom. The highest BCUT2D eigenvalue weighted by Gasteiger charge is 2.34. The van der Waals surface area contributed by atoms with E-state index in [-0.39, 0.29) is 30.9 Å². The van der Waals surface area contributed by atoms with Crippen LogP contribution in [0, 0.1) is 0 Å². The van der Waals surface area contributed by atoms with E-state index >= 15 is 0 Å². The highest BCUT2D eigenvalue weighted by Crippen LogP contribution is 2.29. The van der Waals surface area contributed by atoms with Crippen molar-refractivity contribution in [2.45, 2.75) is 38.4 Å². The first-order valence-corrected chi connectivity index (χ1v) is 7.02. The maximum absolute atomic E-state index is 12.8. The van der Waals surface area contributed by atoms with Gasteiger partial charge in [0.1, 0.15) is 5.82 Å². The molecule has 0 radical (unpaired) electrons. The predicted molar refractivity (Wildman–Crippen MR) is 72.3 cm³/mol. The lowest BCUT2D eigenvalue weighted by Gasteiger charge is -2.07. The van der Waals surface area contributed by atoms with Crippen LogP contribution in [0.25, 0.3) is 0 Å². The summed E-state index contributed by atoms with van der Waals surface area (Å²) in [5.74, 6) is 0.262. The Hall–Kier alpha value is -1.77. The van der Waals surface area contributed by atoms with Crippen molar-refractivity contribution >= 4 is 11.6 Å². The summed E-state index contributed by atoms with van der Waals surface area (Å²) in [6, 6.07) is 0.875. The van der Waals surface area contributed by atoms with Crippen molar-refractivity contribution in [3.05, 3.63) is 40.7 Å². The summed E-state index contributed by atoms with van der Waals surface area (Å²) < 4.78 is 63.8. The molecule has 4 nitrogen and oxygen atoms in total. The third kappa shape index (κ3) is 5.12. The molecule has 0 spiro atoms. The fourth-order valence-electron chi connectivity index (χ4n) is 1.92. The number of aryl methyl sites for hydroxylation is 1. The Morgan fingerprint density at radius 1 is 1.17 bits per heavy atom. The molecule has 0 aromatic carbocycles. The molecular weight excluding hydrogens is 343 g/mol. The number of aromatic nitrogens is 4. The molecule has 0 atom stereocenters. The minimum absolute atomic E-state index is 0.00503. The molecule has 10 heteroatoms. The topological polar surface area (TPSA) is 43.6 Å². The molecule has 2 heterocycles. The van der Waals surface area contributed by atoms with Gasteiger partial charge in [0.25, 0.3) is 0 Å². The van der Waals surface area contributed by atoms with E-state index in [1.807, 2.05) is 0 Å². The van der Waals surface area contributed by atoms with E-state index in [4.69, 9.17) is 11.6 Å². The molecule has 0 saturated heterocycles. The van der Waals surface area contributed by atoms with Crippen LogP contribution in [0.15, 0.2) is 18.5 Å². The van der Waals surface area contributed by atoms with E-state index in [1.165, 1.54) is 12.4 Å². The Morgan fingerprint density at radius 3 is 2.39 bits per heavy atom. The first kappa shape index (κ1) is 17.6. The van der Waals surface area contributed by atoms with Crippen LogP contribution in [0.1, 0.15) is 30.1 Å². The normalized spacial score (nSPS) is 12.1. The molecule has 0 N–H and O–H groups in total. The van der Waals surface area contributed by atoms with Crippen LogP contribution in [0.4, 0.5) is 22.0 Å². The number of alkyl halides is 5. The Balaban J connectivity index is 2.20. The second-order valence-corrected chi connectivity index (χ2v) is 5.21. The monoisotopic (exact) mass is 354 g/mol. The maximum Gasteiger partial charge on any atom is 0.435 e. The third-order valence-corrected chi connectivity index (χ3v) is 3.15. The van der Waals surface area contributed by atoms with Gasteiger partial charge in [0.05, 0.1) is 5.02 Å². The molecule has 0 amide bonds. The van der Waals surface area contributed by atoms with Gasteiger partial charge in [-0.3, -0.25) is 4.68 Å². The summed E-state index contributed by atoms with van der Waals surface area (Å²) in [4.78, 5) is 7.82. The first-order valence-electron chi connectivity index (χ1n) is 6.64. The number of halogens is 6. The smallest absolute Gasteiger partial charge is 0.269 e. The molecule has 0 unspecified atom stereocenters. The average molecular weight is 355 g/mol. The molecule has 0 aliphatic carbocycles. The van der Waals surface area contributed by atoms with Crippen molar-refractivity contribution in [1.82, 2.24) is 19.7 Å². The number of hydrogen-bond donors (Lipinski definition) is 0. The highest BCUT2D eigenvalue weighted by molar-refractivity contribution is 6.30. The van der Waals surface area contributed by atoms with E-state index in [1.54, 1.807) is 0 Å². The van der Waals surface area contributed by atoms with Gasteiger partial charge >= 0.3 is 6.18 Å². The van der Waals surface area contributed by atoms with Crippen LogP contribution >= 0.6 is 11.6 Å². The van der Waals surface area contributed by atoms with Crippen LogP contribution in [-0.4, -0.2) is 26.2 Å². The maximum atomic E-state index is 12.8. The SMILES string of the molecule is FC(F)CCCn1nc(C(F)(F)F)cc1Cc1ncc(Cl)cn1. The summed E-state index contributed by atoms with van der Waals surface area (Å²) in [6.45, 7) is -0.0384. The van der Waals surface area contributed by atoms with E-state index in [0.29, 0.717) is 5.02 Å². The fraction of sp³-hybridized carbons (Fsp3) is 0.462. The van der Waals surface area contributed by atoms with E-state index in [9.17, 15) is 22.0 Å². The summed E-state index contributed by atoms with van der Waals surface area (Å²) >= 11 is 5.65. The zero-order chi connectivity index (χ0) is 17.0. The van der Waals surface area contributed by atoms with Gasteiger partial charge < -0.3 is 0 Å². The van der Waals surface area contributed by atoms with Crippen molar-refractivity contribution in [2.75, 3.05) is 0 Å². The minimum Gasteiger partial charge on any atom is -0.269 e. The predicted octanol–water partition coefficient (Wildman–Crippen LogP) is 3.98. The standard InChI is InChI=1S/C13H12ClF5N4/c14-8-6-20-12(21-7-8)5-9-4-10(13(17,18)19)22-23(9)3-1-2-11(15)16/h4,6-7,11H,1-3,5H2. The molecule has 2 rings (SSSR count). The Bertz CT molecular complexity index is 639. The minimum atomic E-state index is -4.61. The van der Waals surface area contributed by atoms with Crippen molar-refractivity contribution in [2.24, 2.45) is 0 Å². The van der Waals surface area contributed by atoms with Crippen molar-refractivity contribution in [3.63, 3.8) is 0 Å². The van der Waals surface area contributed by atoms with Crippen LogP contribution < -0.4 is 0 Å². The molecule has 0 aliphatic rings. The molecule has 2 aromatic heterocycles. The lowest BCUT2D eigenvalue weighted by molar-refractivity contribution is -0.141. The van der Waals surface area contributed by atoms with Crippen molar-refractivity contribution in [3.8, 4) is 0 Å². The summed E-state index contributed by atoms with van der Waals surface area (Å²) in [5, 5.41) is 3.76. The summed E-state index contributed by atoms with van der Waals surface area (Å²) in [5.41, 5.74) is -0.868. The van der Waals surface area contributed by atoms with Gasteiger partial charge in [-0.2, -0.15) is 18.3 Å². The largest absolute Gasteiger partial charge is 0.435 e. The van der Waals surface area contributed by atoms with Crippen LogP contribution in [0.2, 0.25) is 5.02 Å². The molecular formula is C13H12ClF5N4. The Labute approximate surface area is 133 Å². The van der Waals surface area contributed by atoms with E-state index in [0.717, 1.165) is 10.7 Å². The summed E-state index contributed by atoms with van der Waals surface area (Å²) in [7, 11) is 0. The van der Waals surface area contributed by atoms with Gasteiger partial charge in [-0.1, -0.05) is 11.6 Å². The van der Waals surface area contributed by atoms with Gasteiger partial charge in [0, 0.05) is 37.5 Å². The molecule has 0 bridgehead atoms. The number of hydrogen-bond acceptors (Lipinski definition) is 3. The lowest BCUT2D eigenvalue weighted by atomic mass is 10.2. The zero-order valence-corrected chi connectivity index (χ0v) is 12.5. The van der Waals surface area contributed by atoms with Gasteiger partial charge in [0.15, 0.2) is 5.69 Å². The molecule has 0 aliphatic heterocycles. The fourth-order valence-corrected chi connectivity index (χ4v) is 2.02. The number of rotatable bonds is 6. The molecule has 23 heavy (non-hydrogen) atoms. The van der Waals surface area contributed by atoms with Gasteiger partial charge in [-0.15, -0.1) is 0 Å². The first-order chi connectivity index (χ1) is 10.8. The van der Waals surface area contributed by atoms with Crippen LogP contribution in [0.3, 0.4) is 0 Å². The quantitative estimate of drug-likeness (QED) is 0.737. The third-order valence-electron chi connectivity index (χ3n) is 2.96. The highest BCUT2D eigenvalue weighted by atomic mass is 35.5.